The van der Waals surface area contributed by atoms with E-state index in [9.17, 15) is 0 Å². The molecule has 4 rings (SSSR count). The highest BCUT2D eigenvalue weighted by Crippen LogP contribution is 2.79. The van der Waals surface area contributed by atoms with Crippen molar-refractivity contribution in [2.75, 3.05) is 26.0 Å². The summed E-state index contributed by atoms with van der Waals surface area (Å²) in [6, 6.07) is 21.7. The van der Waals surface area contributed by atoms with Gasteiger partial charge in [-0.15, -0.1) is 0 Å². The Kier molecular flexibility index (Phi) is 6.67. The predicted octanol–water partition coefficient (Wildman–Crippen LogP) is 6.93. The Balaban J connectivity index is 1.99. The van der Waals surface area contributed by atoms with Crippen LogP contribution >= 0.6 is 7.92 Å². The summed E-state index contributed by atoms with van der Waals surface area (Å²) < 4.78 is 19.5. The third kappa shape index (κ3) is 3.69. The average molecular weight is 453 g/mol. The molecule has 0 N–H and O–H groups in total. The van der Waals surface area contributed by atoms with Crippen LogP contribution in [0.25, 0.3) is 10.9 Å². The molecule has 3 nitrogen and oxygen atoms in total. The Bertz CT molecular complexity index is 969. The van der Waals surface area contributed by atoms with Gasteiger partial charge in [0.05, 0.1) is 0 Å². The van der Waals surface area contributed by atoms with E-state index in [0.717, 1.165) is 6.16 Å². The summed E-state index contributed by atoms with van der Waals surface area (Å²) in [5.41, 5.74) is 5.44. The van der Waals surface area contributed by atoms with Gasteiger partial charge in [0, 0.05) is 30.2 Å². The second kappa shape index (κ2) is 9.13. The first-order valence-electron chi connectivity index (χ1n) is 11.3. The van der Waals surface area contributed by atoms with Crippen LogP contribution in [0.5, 0.6) is 0 Å². The molecule has 0 saturated heterocycles. The molecule has 2 aromatic rings. The van der Waals surface area contributed by atoms with Gasteiger partial charge in [0.25, 0.3) is 0 Å². The van der Waals surface area contributed by atoms with Gasteiger partial charge in [-0.1, -0.05) is 73.2 Å². The highest BCUT2D eigenvalue weighted by Gasteiger charge is 2.61. The Morgan fingerprint density at radius 2 is 1.29 bits per heavy atom. The molecule has 2 heterocycles. The van der Waals surface area contributed by atoms with Crippen LogP contribution in [0, 0.1) is 5.41 Å². The predicted molar refractivity (Wildman–Crippen MR) is 133 cm³/mol. The van der Waals surface area contributed by atoms with Crippen molar-refractivity contribution in [3.8, 4) is 0 Å². The van der Waals surface area contributed by atoms with Gasteiger partial charge >= 0.3 is 8.80 Å². The fourth-order valence-corrected chi connectivity index (χ4v) is 13.4. The molecular weight excluding hydrogens is 419 g/mol. The van der Waals surface area contributed by atoms with Gasteiger partial charge in [-0.25, -0.2) is 0 Å². The van der Waals surface area contributed by atoms with Crippen LogP contribution < -0.4 is 0 Å². The Hall–Kier alpha value is -1.55. The van der Waals surface area contributed by atoms with Crippen LogP contribution in [0.2, 0.25) is 0 Å². The molecule has 2 unspecified atom stereocenters. The summed E-state index contributed by atoms with van der Waals surface area (Å²) >= 11 is 0. The minimum absolute atomic E-state index is 0.0306. The van der Waals surface area contributed by atoms with E-state index in [4.69, 9.17) is 13.3 Å². The minimum Gasteiger partial charge on any atom is -0.370 e. The number of benzene rings is 2. The molecule has 0 spiro atoms. The maximum absolute atomic E-state index is 6.49. The van der Waals surface area contributed by atoms with Crippen LogP contribution in [0.4, 0.5) is 0 Å². The van der Waals surface area contributed by atoms with Gasteiger partial charge in [0.15, 0.2) is 0 Å². The third-order valence-electron chi connectivity index (χ3n) is 6.39. The third-order valence-corrected chi connectivity index (χ3v) is 13.7. The van der Waals surface area contributed by atoms with Crippen molar-refractivity contribution >= 4 is 27.6 Å². The molecule has 2 atom stereocenters. The smallest absolute Gasteiger partial charge is 0.370 e. The molecular formula is C26H33O3PSi. The standard InChI is InChI=1S/C26H33O3PSi/c1-6-27-31(28-7-2,29-8-3)25-23(21-15-11-9-12-16-21)26(5)19-30(25)24(20(26)4)22-17-13-10-14-18-22/h9-18H,6-8,19H2,1-5H3. The van der Waals surface area contributed by atoms with Gasteiger partial charge in [-0.3, -0.25) is 0 Å². The maximum Gasteiger partial charge on any atom is 0.538 e. The molecule has 2 aliphatic heterocycles. The minimum atomic E-state index is -3.04. The van der Waals surface area contributed by atoms with Crippen molar-refractivity contribution in [1.29, 1.82) is 0 Å². The van der Waals surface area contributed by atoms with Crippen molar-refractivity contribution in [3.63, 3.8) is 0 Å². The lowest BCUT2D eigenvalue weighted by Crippen LogP contribution is -2.48. The Labute approximate surface area is 189 Å². The van der Waals surface area contributed by atoms with Crippen LogP contribution in [-0.4, -0.2) is 34.8 Å². The molecule has 0 amide bonds. The molecule has 0 aromatic heterocycles. The summed E-state index contributed by atoms with van der Waals surface area (Å²) in [6.07, 6.45) is 1.11. The van der Waals surface area contributed by atoms with Gasteiger partial charge in [-0.05, 0) is 63.8 Å². The van der Waals surface area contributed by atoms with Crippen LogP contribution in [-0.2, 0) is 13.3 Å². The number of hydrogen-bond acceptors (Lipinski definition) is 3. The summed E-state index contributed by atoms with van der Waals surface area (Å²) in [6.45, 7) is 12.6. The topological polar surface area (TPSA) is 27.7 Å². The lowest BCUT2D eigenvalue weighted by Gasteiger charge is -2.37. The SMILES string of the molecule is CCO[Si](OCC)(OCC)C1=C(c2ccccc2)C2(C)CP1C(c1ccccc1)=C2C. The zero-order valence-electron chi connectivity index (χ0n) is 19.3. The van der Waals surface area contributed by atoms with E-state index in [-0.39, 0.29) is 5.41 Å². The maximum atomic E-state index is 6.49. The Morgan fingerprint density at radius 3 is 1.77 bits per heavy atom. The highest BCUT2D eigenvalue weighted by molar-refractivity contribution is 7.76. The molecule has 0 saturated carbocycles. The number of allylic oxidation sites excluding steroid dienone is 2. The van der Waals surface area contributed by atoms with Crippen LogP contribution in [0.15, 0.2) is 71.2 Å². The van der Waals surface area contributed by atoms with E-state index in [0.29, 0.717) is 19.8 Å². The molecule has 5 heteroatoms. The van der Waals surface area contributed by atoms with Crippen molar-refractivity contribution in [3.05, 3.63) is 82.3 Å². The molecule has 2 aliphatic rings. The monoisotopic (exact) mass is 452 g/mol. The summed E-state index contributed by atoms with van der Waals surface area (Å²) in [4.78, 5) is 1.34. The molecule has 2 aromatic carbocycles. The quantitative estimate of drug-likeness (QED) is 0.305. The number of rotatable bonds is 9. The first-order valence-corrected chi connectivity index (χ1v) is 14.5. The van der Waals surface area contributed by atoms with E-state index >= 15 is 0 Å². The summed E-state index contributed by atoms with van der Waals surface area (Å²) in [5, 5.41) is 1.49. The molecule has 164 valence electrons. The highest BCUT2D eigenvalue weighted by atomic mass is 31.1. The van der Waals surface area contributed by atoms with Crippen molar-refractivity contribution in [2.24, 2.45) is 5.41 Å². The first kappa shape index (κ1) is 22.6. The van der Waals surface area contributed by atoms with Gasteiger partial charge in [0.1, 0.15) is 0 Å². The molecule has 0 fully saturated rings. The van der Waals surface area contributed by atoms with E-state index in [1.165, 1.54) is 32.5 Å². The van der Waals surface area contributed by atoms with Gasteiger partial charge < -0.3 is 13.3 Å². The van der Waals surface area contributed by atoms with Crippen molar-refractivity contribution in [2.45, 2.75) is 34.6 Å². The normalized spacial score (nSPS) is 23.2. The van der Waals surface area contributed by atoms with E-state index in [1.54, 1.807) is 0 Å². The average Bonchev–Trinajstić information content (AvgIpc) is 3.23. The second-order valence-corrected chi connectivity index (χ2v) is 13.2. The molecule has 31 heavy (non-hydrogen) atoms. The number of hydrogen-bond donors (Lipinski definition) is 0. The van der Waals surface area contributed by atoms with Gasteiger partial charge in [0.2, 0.25) is 0 Å². The van der Waals surface area contributed by atoms with E-state index in [1.807, 2.05) is 20.8 Å². The zero-order chi connectivity index (χ0) is 22.1. The Morgan fingerprint density at radius 1 is 0.806 bits per heavy atom. The molecule has 2 bridgehead atoms. The second-order valence-electron chi connectivity index (χ2n) is 8.20. The van der Waals surface area contributed by atoms with Crippen molar-refractivity contribution < 1.29 is 13.3 Å². The van der Waals surface area contributed by atoms with Crippen LogP contribution in [0.3, 0.4) is 0 Å². The summed E-state index contributed by atoms with van der Waals surface area (Å²) in [5.74, 6) is 0. The summed E-state index contributed by atoms with van der Waals surface area (Å²) in [7, 11) is -3.64. The first-order chi connectivity index (χ1) is 15.0. The lowest BCUT2D eigenvalue weighted by atomic mass is 9.75. The lowest BCUT2D eigenvalue weighted by molar-refractivity contribution is 0.0831. The zero-order valence-corrected chi connectivity index (χ0v) is 21.2. The van der Waals surface area contributed by atoms with Gasteiger partial charge in [-0.2, -0.15) is 0 Å². The fraction of sp³-hybridized carbons (Fsp3) is 0.385. The number of fused-ring (bicyclic) bond motifs is 2. The van der Waals surface area contributed by atoms with E-state index in [2.05, 4.69) is 74.5 Å². The van der Waals surface area contributed by atoms with E-state index < -0.39 is 16.7 Å². The molecule has 0 aliphatic carbocycles. The molecule has 0 radical (unpaired) electrons. The van der Waals surface area contributed by atoms with Crippen molar-refractivity contribution in [1.82, 2.24) is 0 Å². The fourth-order valence-electron chi connectivity index (χ4n) is 5.08. The van der Waals surface area contributed by atoms with Crippen LogP contribution in [0.1, 0.15) is 45.7 Å². The largest absolute Gasteiger partial charge is 0.538 e.